The van der Waals surface area contributed by atoms with E-state index in [9.17, 15) is 0 Å². The van der Waals surface area contributed by atoms with Crippen molar-refractivity contribution in [3.8, 4) is 11.5 Å². The van der Waals surface area contributed by atoms with E-state index < -0.39 is 7.14 Å². The Kier molecular flexibility index (Phi) is 7.52. The first-order chi connectivity index (χ1) is 16.6. The van der Waals surface area contributed by atoms with E-state index in [-0.39, 0.29) is 6.04 Å². The Hall–Kier alpha value is -3.33. The quantitative estimate of drug-likeness (QED) is 0.341. The van der Waals surface area contributed by atoms with E-state index in [1.165, 1.54) is 5.56 Å². The van der Waals surface area contributed by atoms with Gasteiger partial charge in [-0.1, -0.05) is 91.0 Å². The molecule has 1 atom stereocenters. The van der Waals surface area contributed by atoms with Gasteiger partial charge >= 0.3 is 0 Å². The van der Waals surface area contributed by atoms with Crippen molar-refractivity contribution in [3.63, 3.8) is 0 Å². The SMILES string of the molecule is COc1ccc(OC)c(P(=O)(c2ccccc2)c2ccccc2)c1CN[C@@H](C)c1ccccc1. The summed E-state index contributed by atoms with van der Waals surface area (Å²) in [4.78, 5) is 0. The van der Waals surface area contributed by atoms with Gasteiger partial charge in [-0.3, -0.25) is 0 Å². The first-order valence-corrected chi connectivity index (χ1v) is 13.0. The monoisotopic (exact) mass is 471 g/mol. The minimum absolute atomic E-state index is 0.0952. The maximum Gasteiger partial charge on any atom is 0.175 e. The van der Waals surface area contributed by atoms with Crippen molar-refractivity contribution >= 4 is 23.1 Å². The van der Waals surface area contributed by atoms with Crippen LogP contribution in [0.25, 0.3) is 0 Å². The molecule has 0 aromatic heterocycles. The van der Waals surface area contributed by atoms with Gasteiger partial charge in [-0.2, -0.15) is 0 Å². The fourth-order valence-electron chi connectivity index (χ4n) is 4.27. The molecule has 0 fully saturated rings. The Morgan fingerprint density at radius 1 is 0.706 bits per heavy atom. The average molecular weight is 472 g/mol. The maximum atomic E-state index is 15.2. The lowest BCUT2D eigenvalue weighted by molar-refractivity contribution is 0.398. The van der Waals surface area contributed by atoms with E-state index in [0.717, 1.165) is 16.2 Å². The number of nitrogens with one attached hydrogen (secondary N) is 1. The van der Waals surface area contributed by atoms with Gasteiger partial charge in [0.25, 0.3) is 0 Å². The highest BCUT2D eigenvalue weighted by atomic mass is 31.2. The molecule has 0 heterocycles. The van der Waals surface area contributed by atoms with Gasteiger partial charge < -0.3 is 19.4 Å². The summed E-state index contributed by atoms with van der Waals surface area (Å²) in [6.45, 7) is 2.59. The number of benzene rings is 4. The molecule has 4 rings (SSSR count). The van der Waals surface area contributed by atoms with Crippen LogP contribution in [0.15, 0.2) is 103 Å². The lowest BCUT2D eigenvalue weighted by atomic mass is 10.1. The standard InChI is InChI=1S/C29H30NO3P/c1-22(23-13-7-4-8-14-23)30-21-26-27(32-2)19-20-28(33-3)29(26)34(31,24-15-9-5-10-16-24)25-17-11-6-12-18-25/h4-20,22,30H,21H2,1-3H3/t22-/m0/s1. The fourth-order valence-corrected chi connectivity index (χ4v) is 7.31. The van der Waals surface area contributed by atoms with Crippen LogP contribution < -0.4 is 30.7 Å². The molecule has 34 heavy (non-hydrogen) atoms. The average Bonchev–Trinajstić information content (AvgIpc) is 2.92. The molecule has 0 saturated heterocycles. The third kappa shape index (κ3) is 4.65. The number of ether oxygens (including phenoxy) is 2. The molecule has 174 valence electrons. The van der Waals surface area contributed by atoms with E-state index in [4.69, 9.17) is 9.47 Å². The Morgan fingerprint density at radius 2 is 1.18 bits per heavy atom. The molecule has 0 aliphatic heterocycles. The first-order valence-electron chi connectivity index (χ1n) is 11.3. The van der Waals surface area contributed by atoms with E-state index in [0.29, 0.717) is 23.3 Å². The number of rotatable bonds is 9. The smallest absolute Gasteiger partial charge is 0.175 e. The van der Waals surface area contributed by atoms with Crippen molar-refractivity contribution in [1.82, 2.24) is 5.32 Å². The van der Waals surface area contributed by atoms with Gasteiger partial charge in [0, 0.05) is 28.8 Å². The Labute approximate surface area is 201 Å². The zero-order valence-electron chi connectivity index (χ0n) is 19.8. The molecule has 1 N–H and O–H groups in total. The highest BCUT2D eigenvalue weighted by molar-refractivity contribution is 7.85. The summed E-state index contributed by atoms with van der Waals surface area (Å²) >= 11 is 0. The summed E-state index contributed by atoms with van der Waals surface area (Å²) in [5.74, 6) is 1.26. The van der Waals surface area contributed by atoms with Gasteiger partial charge in [0.2, 0.25) is 0 Å². The second-order valence-electron chi connectivity index (χ2n) is 8.09. The van der Waals surface area contributed by atoms with E-state index in [1.807, 2.05) is 91.0 Å². The molecule has 4 aromatic carbocycles. The Morgan fingerprint density at radius 3 is 1.68 bits per heavy atom. The van der Waals surface area contributed by atoms with Crippen molar-refractivity contribution in [1.29, 1.82) is 0 Å². The van der Waals surface area contributed by atoms with Crippen LogP contribution in [-0.2, 0) is 11.1 Å². The summed E-state index contributed by atoms with van der Waals surface area (Å²) < 4.78 is 26.8. The molecule has 0 radical (unpaired) electrons. The molecule has 0 spiro atoms. The predicted molar refractivity (Wildman–Crippen MR) is 141 cm³/mol. The number of hydrogen-bond donors (Lipinski definition) is 1. The van der Waals surface area contributed by atoms with Crippen LogP contribution in [-0.4, -0.2) is 14.2 Å². The summed E-state index contributed by atoms with van der Waals surface area (Å²) in [6, 6.07) is 33.4. The first kappa shape index (κ1) is 23.8. The molecule has 0 saturated carbocycles. The Bertz CT molecular complexity index is 1220. The zero-order chi connectivity index (χ0) is 24.0. The van der Waals surface area contributed by atoms with Crippen LogP contribution >= 0.6 is 7.14 Å². The maximum absolute atomic E-state index is 15.2. The molecule has 0 unspecified atom stereocenters. The predicted octanol–water partition coefficient (Wildman–Crippen LogP) is 5.19. The normalized spacial score (nSPS) is 12.2. The highest BCUT2D eigenvalue weighted by Gasteiger charge is 2.36. The van der Waals surface area contributed by atoms with Gasteiger partial charge in [-0.05, 0) is 24.6 Å². The fraction of sp³-hybridized carbons (Fsp3) is 0.172. The van der Waals surface area contributed by atoms with Crippen LogP contribution in [0.5, 0.6) is 11.5 Å². The summed E-state index contributed by atoms with van der Waals surface area (Å²) in [5.41, 5.74) is 2.01. The minimum Gasteiger partial charge on any atom is -0.496 e. The highest BCUT2D eigenvalue weighted by Crippen LogP contribution is 2.47. The van der Waals surface area contributed by atoms with Gasteiger partial charge in [0.05, 0.1) is 19.5 Å². The van der Waals surface area contributed by atoms with Crippen molar-refractivity contribution in [2.75, 3.05) is 14.2 Å². The van der Waals surface area contributed by atoms with E-state index in [2.05, 4.69) is 24.4 Å². The zero-order valence-corrected chi connectivity index (χ0v) is 20.7. The molecule has 0 amide bonds. The third-order valence-corrected chi connectivity index (χ3v) is 9.25. The largest absolute Gasteiger partial charge is 0.496 e. The topological polar surface area (TPSA) is 47.6 Å². The molecule has 5 heteroatoms. The van der Waals surface area contributed by atoms with Gasteiger partial charge in [-0.15, -0.1) is 0 Å². The molecular formula is C29H30NO3P. The van der Waals surface area contributed by atoms with Crippen LogP contribution in [0, 0.1) is 0 Å². The van der Waals surface area contributed by atoms with Crippen molar-refractivity contribution in [2.24, 2.45) is 0 Å². The van der Waals surface area contributed by atoms with Crippen LogP contribution in [0.4, 0.5) is 0 Å². The lowest BCUT2D eigenvalue weighted by Gasteiger charge is -2.27. The van der Waals surface area contributed by atoms with E-state index in [1.54, 1.807) is 14.2 Å². The van der Waals surface area contributed by atoms with Gasteiger partial charge in [0.15, 0.2) is 7.14 Å². The Balaban J connectivity index is 1.90. The number of methoxy groups -OCH3 is 2. The summed E-state index contributed by atoms with van der Waals surface area (Å²) in [7, 11) is -0.0202. The summed E-state index contributed by atoms with van der Waals surface area (Å²) in [5, 5.41) is 5.78. The molecule has 0 bridgehead atoms. The van der Waals surface area contributed by atoms with E-state index >= 15 is 4.57 Å². The molecular weight excluding hydrogens is 441 g/mol. The van der Waals surface area contributed by atoms with Crippen LogP contribution in [0.3, 0.4) is 0 Å². The molecule has 0 aliphatic rings. The van der Waals surface area contributed by atoms with Crippen LogP contribution in [0.1, 0.15) is 24.1 Å². The minimum atomic E-state index is -3.29. The second kappa shape index (κ2) is 10.7. The second-order valence-corrected chi connectivity index (χ2v) is 10.8. The third-order valence-electron chi connectivity index (χ3n) is 6.08. The molecule has 4 nitrogen and oxygen atoms in total. The molecule has 0 aliphatic carbocycles. The summed E-state index contributed by atoms with van der Waals surface area (Å²) in [6.07, 6.45) is 0. The van der Waals surface area contributed by atoms with Gasteiger partial charge in [0.1, 0.15) is 11.5 Å². The number of hydrogen-bond acceptors (Lipinski definition) is 4. The lowest BCUT2D eigenvalue weighted by Crippen LogP contribution is -2.31. The molecule has 4 aromatic rings. The van der Waals surface area contributed by atoms with Crippen molar-refractivity contribution < 1.29 is 14.0 Å². The van der Waals surface area contributed by atoms with Crippen molar-refractivity contribution in [3.05, 3.63) is 114 Å². The van der Waals surface area contributed by atoms with Gasteiger partial charge in [-0.25, -0.2) is 0 Å². The van der Waals surface area contributed by atoms with Crippen LogP contribution in [0.2, 0.25) is 0 Å². The van der Waals surface area contributed by atoms with Crippen molar-refractivity contribution in [2.45, 2.75) is 19.5 Å².